The van der Waals surface area contributed by atoms with E-state index in [0.29, 0.717) is 11.1 Å². The number of hydrogen-bond donors (Lipinski definition) is 2. The van der Waals surface area contributed by atoms with Crippen molar-refractivity contribution in [2.75, 3.05) is 5.32 Å². The molecule has 3 aromatic rings. The topological polar surface area (TPSA) is 87.7 Å². The Morgan fingerprint density at radius 3 is 2.55 bits per heavy atom. The lowest BCUT2D eigenvalue weighted by molar-refractivity contribution is 0.102. The van der Waals surface area contributed by atoms with E-state index in [1.807, 2.05) is 13.8 Å². The maximum atomic E-state index is 12.2. The van der Waals surface area contributed by atoms with Crippen LogP contribution < -0.4 is 10.9 Å². The lowest BCUT2D eigenvalue weighted by Gasteiger charge is -2.06. The standard InChI is InChI=1S/C16H14N4O2/c1-9-10(2)19-14-8-11(5-6-12(14)18-9)15(21)20-13-4-3-7-17-16(13)22/h3-8H,1-2H3,(H,17,22)(H,20,21). The number of hydrogen-bond acceptors (Lipinski definition) is 4. The summed E-state index contributed by atoms with van der Waals surface area (Å²) in [6.07, 6.45) is 1.51. The number of carbonyl (C=O) groups excluding carboxylic acids is 1. The quantitative estimate of drug-likeness (QED) is 0.758. The Hall–Kier alpha value is -3.02. The first-order valence-electron chi connectivity index (χ1n) is 6.78. The molecule has 0 radical (unpaired) electrons. The molecule has 2 aromatic heterocycles. The molecule has 6 nitrogen and oxygen atoms in total. The van der Waals surface area contributed by atoms with Crippen LogP contribution in [0, 0.1) is 13.8 Å². The molecule has 6 heteroatoms. The van der Waals surface area contributed by atoms with Gasteiger partial charge < -0.3 is 10.3 Å². The van der Waals surface area contributed by atoms with Crippen molar-refractivity contribution in [3.05, 3.63) is 63.8 Å². The molecule has 0 bridgehead atoms. The summed E-state index contributed by atoms with van der Waals surface area (Å²) in [6, 6.07) is 8.28. The third-order valence-electron chi connectivity index (χ3n) is 3.40. The van der Waals surface area contributed by atoms with E-state index >= 15 is 0 Å². The second-order valence-electron chi connectivity index (χ2n) is 4.96. The number of rotatable bonds is 2. The van der Waals surface area contributed by atoms with Crippen molar-refractivity contribution in [1.29, 1.82) is 0 Å². The number of anilines is 1. The van der Waals surface area contributed by atoms with E-state index in [-0.39, 0.29) is 17.2 Å². The van der Waals surface area contributed by atoms with Gasteiger partial charge in [0.2, 0.25) is 0 Å². The fourth-order valence-electron chi connectivity index (χ4n) is 2.09. The van der Waals surface area contributed by atoms with E-state index in [4.69, 9.17) is 0 Å². The summed E-state index contributed by atoms with van der Waals surface area (Å²) in [6.45, 7) is 3.77. The SMILES string of the molecule is Cc1nc2ccc(C(=O)Nc3ccc[nH]c3=O)cc2nc1C. The maximum absolute atomic E-state index is 12.2. The average Bonchev–Trinajstić information content (AvgIpc) is 2.50. The molecule has 0 unspecified atom stereocenters. The summed E-state index contributed by atoms with van der Waals surface area (Å²) >= 11 is 0. The Labute approximate surface area is 126 Å². The number of pyridine rings is 1. The van der Waals surface area contributed by atoms with Gasteiger partial charge in [0.15, 0.2) is 0 Å². The predicted octanol–water partition coefficient (Wildman–Crippen LogP) is 2.19. The fourth-order valence-corrected chi connectivity index (χ4v) is 2.09. The van der Waals surface area contributed by atoms with Gasteiger partial charge in [-0.25, -0.2) is 9.97 Å². The Kier molecular flexibility index (Phi) is 3.42. The molecule has 22 heavy (non-hydrogen) atoms. The highest BCUT2D eigenvalue weighted by molar-refractivity contribution is 6.05. The predicted molar refractivity (Wildman–Crippen MR) is 84.0 cm³/mol. The molecule has 0 aliphatic heterocycles. The molecule has 0 aliphatic rings. The van der Waals surface area contributed by atoms with Crippen LogP contribution in [0.3, 0.4) is 0 Å². The number of H-pyrrole nitrogens is 1. The van der Waals surface area contributed by atoms with Crippen LogP contribution in [-0.4, -0.2) is 20.9 Å². The molecule has 1 amide bonds. The summed E-state index contributed by atoms with van der Waals surface area (Å²) in [7, 11) is 0. The third-order valence-corrected chi connectivity index (χ3v) is 3.40. The number of amides is 1. The number of aryl methyl sites for hydroxylation is 2. The zero-order valence-electron chi connectivity index (χ0n) is 12.2. The third kappa shape index (κ3) is 2.58. The highest BCUT2D eigenvalue weighted by atomic mass is 16.2. The van der Waals surface area contributed by atoms with Crippen LogP contribution in [-0.2, 0) is 0 Å². The van der Waals surface area contributed by atoms with Crippen LogP contribution in [0.15, 0.2) is 41.3 Å². The van der Waals surface area contributed by atoms with Crippen LogP contribution in [0.5, 0.6) is 0 Å². The summed E-state index contributed by atoms with van der Waals surface area (Å²) < 4.78 is 0. The van der Waals surface area contributed by atoms with Gasteiger partial charge in [-0.05, 0) is 44.2 Å². The van der Waals surface area contributed by atoms with E-state index in [1.165, 1.54) is 6.20 Å². The highest BCUT2D eigenvalue weighted by Crippen LogP contribution is 2.15. The Morgan fingerprint density at radius 1 is 1.09 bits per heavy atom. The van der Waals surface area contributed by atoms with Gasteiger partial charge >= 0.3 is 0 Å². The lowest BCUT2D eigenvalue weighted by Crippen LogP contribution is -2.19. The van der Waals surface area contributed by atoms with Crippen molar-refractivity contribution >= 4 is 22.6 Å². The van der Waals surface area contributed by atoms with Crippen LogP contribution in [0.2, 0.25) is 0 Å². The summed E-state index contributed by atoms with van der Waals surface area (Å²) in [5, 5.41) is 2.59. The van der Waals surface area contributed by atoms with E-state index < -0.39 is 0 Å². The number of carbonyl (C=O) groups is 1. The van der Waals surface area contributed by atoms with Crippen molar-refractivity contribution in [2.45, 2.75) is 13.8 Å². The zero-order valence-corrected chi connectivity index (χ0v) is 12.2. The van der Waals surface area contributed by atoms with Crippen LogP contribution in [0.4, 0.5) is 5.69 Å². The maximum Gasteiger partial charge on any atom is 0.271 e. The first-order valence-corrected chi connectivity index (χ1v) is 6.78. The molecular formula is C16H14N4O2. The van der Waals surface area contributed by atoms with Crippen molar-refractivity contribution in [3.8, 4) is 0 Å². The second-order valence-corrected chi connectivity index (χ2v) is 4.96. The van der Waals surface area contributed by atoms with Crippen LogP contribution >= 0.6 is 0 Å². The molecule has 2 N–H and O–H groups in total. The first kappa shape index (κ1) is 13.9. The van der Waals surface area contributed by atoms with Gasteiger partial charge in [0.1, 0.15) is 5.69 Å². The van der Waals surface area contributed by atoms with Crippen molar-refractivity contribution in [2.24, 2.45) is 0 Å². The number of nitrogens with one attached hydrogen (secondary N) is 2. The molecule has 0 saturated carbocycles. The number of benzene rings is 1. The van der Waals surface area contributed by atoms with Crippen molar-refractivity contribution in [1.82, 2.24) is 15.0 Å². The molecule has 0 aliphatic carbocycles. The largest absolute Gasteiger partial charge is 0.327 e. The van der Waals surface area contributed by atoms with E-state index in [0.717, 1.165) is 16.9 Å². The molecule has 0 saturated heterocycles. The number of aromatic nitrogens is 3. The monoisotopic (exact) mass is 294 g/mol. The minimum Gasteiger partial charge on any atom is -0.327 e. The van der Waals surface area contributed by atoms with Gasteiger partial charge in [0.25, 0.3) is 11.5 Å². The van der Waals surface area contributed by atoms with E-state index in [2.05, 4.69) is 20.3 Å². The number of aromatic amines is 1. The second kappa shape index (κ2) is 5.40. The minimum atomic E-state index is -0.362. The zero-order chi connectivity index (χ0) is 15.7. The minimum absolute atomic E-state index is 0.207. The molecular weight excluding hydrogens is 280 g/mol. The van der Waals surface area contributed by atoms with Crippen LogP contribution in [0.1, 0.15) is 21.7 Å². The normalized spacial score (nSPS) is 10.6. The molecule has 1 aromatic carbocycles. The molecule has 0 fully saturated rings. The Bertz CT molecular complexity index is 931. The fraction of sp³-hybridized carbons (Fsp3) is 0.125. The van der Waals surface area contributed by atoms with E-state index in [9.17, 15) is 9.59 Å². The lowest BCUT2D eigenvalue weighted by atomic mass is 10.1. The highest BCUT2D eigenvalue weighted by Gasteiger charge is 2.10. The number of nitrogens with zero attached hydrogens (tertiary/aromatic N) is 2. The molecule has 2 heterocycles. The van der Waals surface area contributed by atoms with Crippen molar-refractivity contribution in [3.63, 3.8) is 0 Å². The van der Waals surface area contributed by atoms with Gasteiger partial charge in [-0.1, -0.05) is 0 Å². The Balaban J connectivity index is 1.96. The molecule has 0 atom stereocenters. The summed E-state index contributed by atoms with van der Waals surface area (Å²) in [4.78, 5) is 35.2. The van der Waals surface area contributed by atoms with Gasteiger partial charge in [-0.15, -0.1) is 0 Å². The first-order chi connectivity index (χ1) is 10.5. The summed E-state index contributed by atoms with van der Waals surface area (Å²) in [5.74, 6) is -0.362. The van der Waals surface area contributed by atoms with Crippen molar-refractivity contribution < 1.29 is 4.79 Å². The molecule has 0 spiro atoms. The number of fused-ring (bicyclic) bond motifs is 1. The molecule has 3 rings (SSSR count). The smallest absolute Gasteiger partial charge is 0.271 e. The van der Waals surface area contributed by atoms with E-state index in [1.54, 1.807) is 30.3 Å². The average molecular weight is 294 g/mol. The van der Waals surface area contributed by atoms with Crippen LogP contribution in [0.25, 0.3) is 11.0 Å². The summed E-state index contributed by atoms with van der Waals surface area (Å²) in [5.41, 5.74) is 3.36. The van der Waals surface area contributed by atoms with Gasteiger partial charge in [-0.2, -0.15) is 0 Å². The van der Waals surface area contributed by atoms with Gasteiger partial charge in [0, 0.05) is 11.8 Å². The molecule has 110 valence electrons. The van der Waals surface area contributed by atoms with Gasteiger partial charge in [-0.3, -0.25) is 9.59 Å². The Morgan fingerprint density at radius 2 is 1.82 bits per heavy atom. The van der Waals surface area contributed by atoms with Gasteiger partial charge in [0.05, 0.1) is 22.4 Å².